The number of nitrogens with one attached hydrogen (secondary N) is 1. The largest absolute Gasteiger partial charge is 0.488 e. The molecule has 1 saturated carbocycles. The molecule has 3 heteroatoms. The SMILES string of the molecule is CNC1CCCCCCC1Oc1cc(Cl)ccc1C. The van der Waals surface area contributed by atoms with Crippen LogP contribution in [-0.4, -0.2) is 19.2 Å². The maximum atomic E-state index is 6.26. The molecule has 0 spiro atoms. The van der Waals surface area contributed by atoms with E-state index < -0.39 is 0 Å². The molecule has 0 heterocycles. The van der Waals surface area contributed by atoms with Crippen LogP contribution in [0, 0.1) is 6.92 Å². The Morgan fingerprint density at radius 3 is 2.63 bits per heavy atom. The summed E-state index contributed by atoms with van der Waals surface area (Å²) in [5, 5.41) is 4.16. The van der Waals surface area contributed by atoms with Gasteiger partial charge in [0.25, 0.3) is 0 Å². The zero-order chi connectivity index (χ0) is 13.7. The average Bonchev–Trinajstić information content (AvgIpc) is 2.37. The molecule has 106 valence electrons. The fourth-order valence-electron chi connectivity index (χ4n) is 2.79. The highest BCUT2D eigenvalue weighted by atomic mass is 35.5. The third kappa shape index (κ3) is 4.12. The number of hydrogen-bond acceptors (Lipinski definition) is 2. The lowest BCUT2D eigenvalue weighted by molar-refractivity contribution is 0.130. The second kappa shape index (κ2) is 7.16. The Kier molecular flexibility index (Phi) is 5.53. The van der Waals surface area contributed by atoms with Crippen molar-refractivity contribution in [1.82, 2.24) is 5.32 Å². The Balaban J connectivity index is 2.10. The van der Waals surface area contributed by atoms with Crippen molar-refractivity contribution < 1.29 is 4.74 Å². The molecule has 1 aromatic carbocycles. The van der Waals surface area contributed by atoms with Crippen LogP contribution in [0.3, 0.4) is 0 Å². The molecule has 1 aliphatic rings. The standard InChI is InChI=1S/C16H24ClNO/c1-12-9-10-13(17)11-16(12)19-15-8-6-4-3-5-7-14(15)18-2/h9-11,14-15,18H,3-8H2,1-2H3. The van der Waals surface area contributed by atoms with Gasteiger partial charge in [0.1, 0.15) is 11.9 Å². The molecule has 2 rings (SSSR count). The molecular weight excluding hydrogens is 258 g/mol. The van der Waals surface area contributed by atoms with Gasteiger partial charge in [-0.2, -0.15) is 0 Å². The van der Waals surface area contributed by atoms with Crippen LogP contribution in [0.5, 0.6) is 5.75 Å². The minimum absolute atomic E-state index is 0.252. The number of likely N-dealkylation sites (N-methyl/N-ethyl adjacent to an activating group) is 1. The van der Waals surface area contributed by atoms with E-state index in [1.165, 1.54) is 32.1 Å². The smallest absolute Gasteiger partial charge is 0.124 e. The summed E-state index contributed by atoms with van der Waals surface area (Å²) in [6.45, 7) is 2.07. The Labute approximate surface area is 121 Å². The van der Waals surface area contributed by atoms with Gasteiger partial charge in [0.2, 0.25) is 0 Å². The average molecular weight is 282 g/mol. The number of halogens is 1. The summed E-state index contributed by atoms with van der Waals surface area (Å²) in [6, 6.07) is 6.31. The molecular formula is C16H24ClNO. The topological polar surface area (TPSA) is 21.3 Å². The molecule has 2 unspecified atom stereocenters. The Morgan fingerprint density at radius 2 is 1.89 bits per heavy atom. The molecule has 1 aliphatic carbocycles. The molecule has 0 saturated heterocycles. The van der Waals surface area contributed by atoms with Crippen molar-refractivity contribution in [1.29, 1.82) is 0 Å². The van der Waals surface area contributed by atoms with Crippen molar-refractivity contribution in [2.75, 3.05) is 7.05 Å². The first-order valence-corrected chi connectivity index (χ1v) is 7.68. The molecule has 0 aliphatic heterocycles. The van der Waals surface area contributed by atoms with Crippen LogP contribution in [0.1, 0.15) is 44.1 Å². The van der Waals surface area contributed by atoms with Crippen molar-refractivity contribution in [3.05, 3.63) is 28.8 Å². The highest BCUT2D eigenvalue weighted by Crippen LogP contribution is 2.27. The normalized spacial score (nSPS) is 24.6. The van der Waals surface area contributed by atoms with Crippen LogP contribution in [-0.2, 0) is 0 Å². The molecule has 1 N–H and O–H groups in total. The monoisotopic (exact) mass is 281 g/mol. The van der Waals surface area contributed by atoms with Gasteiger partial charge in [-0.1, -0.05) is 36.9 Å². The zero-order valence-corrected chi connectivity index (χ0v) is 12.7. The van der Waals surface area contributed by atoms with E-state index in [9.17, 15) is 0 Å². The van der Waals surface area contributed by atoms with Crippen molar-refractivity contribution in [2.24, 2.45) is 0 Å². The van der Waals surface area contributed by atoms with Crippen molar-refractivity contribution in [3.63, 3.8) is 0 Å². The summed E-state index contributed by atoms with van der Waals surface area (Å²) in [5.41, 5.74) is 1.15. The molecule has 2 atom stereocenters. The molecule has 0 radical (unpaired) electrons. The first-order valence-electron chi connectivity index (χ1n) is 7.31. The lowest BCUT2D eigenvalue weighted by Crippen LogP contribution is -2.42. The molecule has 1 fully saturated rings. The van der Waals surface area contributed by atoms with Gasteiger partial charge in [0.05, 0.1) is 0 Å². The summed E-state index contributed by atoms with van der Waals surface area (Å²) in [7, 11) is 2.04. The van der Waals surface area contributed by atoms with Gasteiger partial charge in [-0.05, 0) is 50.9 Å². The molecule has 1 aromatic rings. The van der Waals surface area contributed by atoms with Gasteiger partial charge < -0.3 is 10.1 Å². The minimum atomic E-state index is 0.252. The van der Waals surface area contributed by atoms with Crippen molar-refractivity contribution in [2.45, 2.75) is 57.6 Å². The number of benzene rings is 1. The summed E-state index contributed by atoms with van der Waals surface area (Å²) in [4.78, 5) is 0. The van der Waals surface area contributed by atoms with Gasteiger partial charge in [-0.3, -0.25) is 0 Å². The first kappa shape index (κ1) is 14.7. The quantitative estimate of drug-likeness (QED) is 0.890. The van der Waals surface area contributed by atoms with Gasteiger partial charge in [-0.25, -0.2) is 0 Å². The third-order valence-corrected chi connectivity index (χ3v) is 4.24. The minimum Gasteiger partial charge on any atom is -0.488 e. The maximum Gasteiger partial charge on any atom is 0.124 e. The van der Waals surface area contributed by atoms with Crippen LogP contribution in [0.4, 0.5) is 0 Å². The van der Waals surface area contributed by atoms with Crippen molar-refractivity contribution >= 4 is 11.6 Å². The van der Waals surface area contributed by atoms with Crippen LogP contribution in [0.2, 0.25) is 5.02 Å². The molecule has 2 nitrogen and oxygen atoms in total. The summed E-state index contributed by atoms with van der Waals surface area (Å²) < 4.78 is 6.26. The number of ether oxygens (including phenoxy) is 1. The van der Waals surface area contributed by atoms with E-state index in [2.05, 4.69) is 12.2 Å². The van der Waals surface area contributed by atoms with Crippen LogP contribution in [0.25, 0.3) is 0 Å². The van der Waals surface area contributed by atoms with Gasteiger partial charge in [0.15, 0.2) is 0 Å². The second-order valence-corrected chi connectivity index (χ2v) is 5.89. The molecule has 0 amide bonds. The highest BCUT2D eigenvalue weighted by molar-refractivity contribution is 6.30. The summed E-state index contributed by atoms with van der Waals surface area (Å²) >= 11 is 6.07. The summed E-state index contributed by atoms with van der Waals surface area (Å²) in [6.07, 6.45) is 7.79. The van der Waals surface area contributed by atoms with E-state index in [-0.39, 0.29) is 6.10 Å². The van der Waals surface area contributed by atoms with Crippen LogP contribution < -0.4 is 10.1 Å². The fraction of sp³-hybridized carbons (Fsp3) is 0.625. The number of rotatable bonds is 3. The van der Waals surface area contributed by atoms with Gasteiger partial charge >= 0.3 is 0 Å². The van der Waals surface area contributed by atoms with E-state index in [1.807, 2.05) is 25.2 Å². The van der Waals surface area contributed by atoms with E-state index in [0.29, 0.717) is 6.04 Å². The van der Waals surface area contributed by atoms with E-state index in [4.69, 9.17) is 16.3 Å². The van der Waals surface area contributed by atoms with E-state index in [0.717, 1.165) is 22.8 Å². The molecule has 0 aromatic heterocycles. The van der Waals surface area contributed by atoms with E-state index >= 15 is 0 Å². The lowest BCUT2D eigenvalue weighted by Gasteiger charge is -2.30. The first-order chi connectivity index (χ1) is 9.20. The molecule has 0 bridgehead atoms. The predicted octanol–water partition coefficient (Wildman–Crippen LogP) is 4.34. The maximum absolute atomic E-state index is 6.26. The van der Waals surface area contributed by atoms with Gasteiger partial charge in [-0.15, -0.1) is 0 Å². The second-order valence-electron chi connectivity index (χ2n) is 5.45. The number of hydrogen-bond donors (Lipinski definition) is 1. The Hall–Kier alpha value is -0.730. The predicted molar refractivity (Wildman–Crippen MR) is 81.2 cm³/mol. The fourth-order valence-corrected chi connectivity index (χ4v) is 2.95. The number of aryl methyl sites for hydroxylation is 1. The molecule has 19 heavy (non-hydrogen) atoms. The summed E-state index contributed by atoms with van der Waals surface area (Å²) in [5.74, 6) is 0.929. The van der Waals surface area contributed by atoms with Crippen LogP contribution in [0.15, 0.2) is 18.2 Å². The van der Waals surface area contributed by atoms with E-state index in [1.54, 1.807) is 0 Å². The van der Waals surface area contributed by atoms with Crippen LogP contribution >= 0.6 is 11.6 Å². The highest BCUT2D eigenvalue weighted by Gasteiger charge is 2.23. The Bertz CT molecular complexity index is 408. The Morgan fingerprint density at radius 1 is 1.16 bits per heavy atom. The zero-order valence-electron chi connectivity index (χ0n) is 11.9. The van der Waals surface area contributed by atoms with Gasteiger partial charge in [0, 0.05) is 11.1 Å². The lowest BCUT2D eigenvalue weighted by atomic mass is 9.94. The third-order valence-electron chi connectivity index (χ3n) is 4.00. The van der Waals surface area contributed by atoms with Crippen molar-refractivity contribution in [3.8, 4) is 5.75 Å².